The van der Waals surface area contributed by atoms with Crippen LogP contribution in [0.25, 0.3) is 0 Å². The molecule has 2 N–H and O–H groups in total. The maximum Gasteiger partial charge on any atom is 2.00 e. The molecule has 0 amide bonds. The zero-order valence-corrected chi connectivity index (χ0v) is 19.0. The third kappa shape index (κ3) is 22.8. The Morgan fingerprint density at radius 2 is 0.667 bits per heavy atom. The normalized spacial score (nSPS) is 20.6. The van der Waals surface area contributed by atoms with Gasteiger partial charge in [-0.3, -0.25) is 0 Å². The Balaban J connectivity index is -0.00000108. The first-order chi connectivity index (χ1) is 9.00. The van der Waals surface area contributed by atoms with E-state index in [1.165, 1.54) is 0 Å². The molecule has 1 aliphatic heterocycles. The third-order valence-corrected chi connectivity index (χ3v) is 2.44. The van der Waals surface area contributed by atoms with E-state index in [0.717, 1.165) is 26.2 Å². The second-order valence-corrected chi connectivity index (χ2v) is 3.95. The van der Waals surface area contributed by atoms with E-state index < -0.39 is 0 Å². The molecule has 0 unspecified atom stereocenters. The molecule has 1 saturated heterocycles. The average molecular weight is 668 g/mol. The van der Waals surface area contributed by atoms with Gasteiger partial charge in [-0.25, -0.2) is 0 Å². The number of nitrogens with one attached hydrogen (secondary N) is 2. The van der Waals surface area contributed by atoms with Crippen LogP contribution in [0.4, 0.5) is 0 Å². The van der Waals surface area contributed by atoms with Crippen LogP contribution >= 0.6 is 0 Å². The van der Waals surface area contributed by atoms with Gasteiger partial charge in [0.25, 0.3) is 0 Å². The van der Waals surface area contributed by atoms with Gasteiger partial charge in [-0.1, -0.05) is 0 Å². The van der Waals surface area contributed by atoms with E-state index in [-0.39, 0.29) is 97.3 Å². The summed E-state index contributed by atoms with van der Waals surface area (Å²) in [5, 5.41) is 6.50. The summed E-state index contributed by atoms with van der Waals surface area (Å²) in [7, 11) is 0. The van der Waals surface area contributed by atoms with Crippen LogP contribution in [0.5, 0.6) is 0 Å². The fourth-order valence-electron chi connectivity index (χ4n) is 1.47. The van der Waals surface area contributed by atoms with Gasteiger partial charge in [0.15, 0.2) is 0 Å². The molecule has 1 heterocycles. The molecule has 9 heteroatoms. The standard InChI is InChI=1S/C12H26N2O4.Eu.2HI/c1-5-15-9-10-17-7-3-14-4-8-18-12-11-16-6-2-13-1;;;/h13-14H,1-12H2;;2*1H/q;+2;;/p-2. The zero-order valence-electron chi connectivity index (χ0n) is 12.3. The maximum absolute atomic E-state index is 5.41. The Bertz CT molecular complexity index is 112. The second-order valence-electron chi connectivity index (χ2n) is 3.95. The maximum atomic E-state index is 5.41. The van der Waals surface area contributed by atoms with Gasteiger partial charge in [-0.15, -0.1) is 0 Å². The molecule has 1 aliphatic rings. The average Bonchev–Trinajstić information content (AvgIpc) is 2.39. The summed E-state index contributed by atoms with van der Waals surface area (Å²) in [5.74, 6) is 0. The fourth-order valence-corrected chi connectivity index (χ4v) is 1.47. The van der Waals surface area contributed by atoms with Crippen LogP contribution in [-0.4, -0.2) is 79.0 Å². The van der Waals surface area contributed by atoms with Crippen molar-refractivity contribution >= 4 is 0 Å². The molecule has 0 aliphatic carbocycles. The largest absolute Gasteiger partial charge is 2.00 e. The Morgan fingerprint density at radius 1 is 0.429 bits per heavy atom. The van der Waals surface area contributed by atoms with Gasteiger partial charge in [0.1, 0.15) is 0 Å². The van der Waals surface area contributed by atoms with Crippen LogP contribution in [0, 0.1) is 49.4 Å². The van der Waals surface area contributed by atoms with Crippen LogP contribution in [0.1, 0.15) is 0 Å². The molecule has 0 aromatic heterocycles. The fraction of sp³-hybridized carbons (Fsp3) is 1.00. The minimum atomic E-state index is 0. The minimum absolute atomic E-state index is 0. The van der Waals surface area contributed by atoms with Crippen molar-refractivity contribution in [2.75, 3.05) is 79.0 Å². The molecule has 0 aromatic rings. The summed E-state index contributed by atoms with van der Waals surface area (Å²) in [6.07, 6.45) is 0. The molecule has 6 nitrogen and oxygen atoms in total. The van der Waals surface area contributed by atoms with Crippen molar-refractivity contribution in [1.82, 2.24) is 10.6 Å². The molecular formula is C12H26EuI2N2O4. The third-order valence-electron chi connectivity index (χ3n) is 2.44. The molecule has 0 spiro atoms. The van der Waals surface area contributed by atoms with Crippen molar-refractivity contribution < 1.29 is 116 Å². The zero-order chi connectivity index (χ0) is 12.7. The first-order valence-electron chi connectivity index (χ1n) is 6.72. The predicted octanol–water partition coefficient (Wildman–Crippen LogP) is -6.75. The monoisotopic (exact) mass is 669 g/mol. The van der Waals surface area contributed by atoms with Crippen molar-refractivity contribution in [3.63, 3.8) is 0 Å². The summed E-state index contributed by atoms with van der Waals surface area (Å²) in [4.78, 5) is 0. The molecule has 1 radical (unpaired) electrons. The van der Waals surface area contributed by atoms with Gasteiger partial charge in [0.05, 0.1) is 52.9 Å². The summed E-state index contributed by atoms with van der Waals surface area (Å²) in [6, 6.07) is 0. The SMILES string of the molecule is C1COCCOCCNCCOCCOCCN1.[Eu+2].[I-].[I-]. The molecular weight excluding hydrogens is 642 g/mol. The van der Waals surface area contributed by atoms with E-state index in [2.05, 4.69) is 10.6 Å². The number of halogens is 2. The van der Waals surface area contributed by atoms with Crippen LogP contribution < -0.4 is 58.6 Å². The first kappa shape index (κ1) is 28.6. The van der Waals surface area contributed by atoms with Gasteiger partial charge in [0, 0.05) is 26.2 Å². The molecule has 0 bridgehead atoms. The van der Waals surface area contributed by atoms with Crippen molar-refractivity contribution in [3.05, 3.63) is 0 Å². The van der Waals surface area contributed by atoms with E-state index in [9.17, 15) is 0 Å². The van der Waals surface area contributed by atoms with Crippen LogP contribution in [-0.2, 0) is 18.9 Å². The van der Waals surface area contributed by atoms with Crippen molar-refractivity contribution in [2.45, 2.75) is 0 Å². The first-order valence-corrected chi connectivity index (χ1v) is 6.72. The second kappa shape index (κ2) is 25.0. The predicted molar refractivity (Wildman–Crippen MR) is 69.0 cm³/mol. The van der Waals surface area contributed by atoms with E-state index in [1.54, 1.807) is 0 Å². The molecule has 0 atom stereocenters. The number of hydrogen-bond donors (Lipinski definition) is 2. The van der Waals surface area contributed by atoms with Crippen molar-refractivity contribution in [3.8, 4) is 0 Å². The Labute approximate surface area is 203 Å². The Hall–Kier alpha value is 2.80. The van der Waals surface area contributed by atoms with E-state index >= 15 is 0 Å². The van der Waals surface area contributed by atoms with E-state index in [4.69, 9.17) is 18.9 Å². The molecule has 21 heavy (non-hydrogen) atoms. The molecule has 129 valence electrons. The Kier molecular flexibility index (Phi) is 34.1. The molecule has 0 saturated carbocycles. The van der Waals surface area contributed by atoms with Gasteiger partial charge in [0.2, 0.25) is 0 Å². The number of hydrogen-bond acceptors (Lipinski definition) is 6. The summed E-state index contributed by atoms with van der Waals surface area (Å²) in [6.45, 7) is 8.86. The molecule has 0 aromatic carbocycles. The quantitative estimate of drug-likeness (QED) is 0.251. The Morgan fingerprint density at radius 3 is 0.905 bits per heavy atom. The summed E-state index contributed by atoms with van der Waals surface area (Å²) >= 11 is 0. The van der Waals surface area contributed by atoms with Gasteiger partial charge in [-0.05, 0) is 0 Å². The number of ether oxygens (including phenoxy) is 4. The summed E-state index contributed by atoms with van der Waals surface area (Å²) < 4.78 is 21.6. The van der Waals surface area contributed by atoms with Crippen molar-refractivity contribution in [2.24, 2.45) is 0 Å². The molecule has 1 rings (SSSR count). The van der Waals surface area contributed by atoms with Gasteiger partial charge in [-0.2, -0.15) is 0 Å². The summed E-state index contributed by atoms with van der Waals surface area (Å²) in [5.41, 5.74) is 0. The van der Waals surface area contributed by atoms with Crippen LogP contribution in [0.15, 0.2) is 0 Å². The number of rotatable bonds is 0. The van der Waals surface area contributed by atoms with Gasteiger partial charge < -0.3 is 77.5 Å². The van der Waals surface area contributed by atoms with Crippen molar-refractivity contribution in [1.29, 1.82) is 0 Å². The van der Waals surface area contributed by atoms with Crippen LogP contribution in [0.3, 0.4) is 0 Å². The van der Waals surface area contributed by atoms with E-state index in [1.807, 2.05) is 0 Å². The molecule has 1 fully saturated rings. The van der Waals surface area contributed by atoms with Gasteiger partial charge >= 0.3 is 49.4 Å². The topological polar surface area (TPSA) is 61.0 Å². The smallest absolute Gasteiger partial charge is 1.00 e. The van der Waals surface area contributed by atoms with Crippen LogP contribution in [0.2, 0.25) is 0 Å². The minimum Gasteiger partial charge on any atom is -1.00 e. The van der Waals surface area contributed by atoms with E-state index in [0.29, 0.717) is 52.9 Å².